The van der Waals surface area contributed by atoms with Gasteiger partial charge in [0.15, 0.2) is 0 Å². The van der Waals surface area contributed by atoms with Crippen LogP contribution in [0.5, 0.6) is 0 Å². The fourth-order valence-corrected chi connectivity index (χ4v) is 3.53. The first-order valence-electron chi connectivity index (χ1n) is 7.29. The maximum Gasteiger partial charge on any atom is 0.241 e. The van der Waals surface area contributed by atoms with Crippen LogP contribution in [0.15, 0.2) is 23.1 Å². The maximum absolute atomic E-state index is 12.2. The van der Waals surface area contributed by atoms with Gasteiger partial charge in [-0.3, -0.25) is 4.79 Å². The summed E-state index contributed by atoms with van der Waals surface area (Å²) in [5, 5.41) is 2.65. The summed E-state index contributed by atoms with van der Waals surface area (Å²) in [6, 6.07) is 5.23. The number of rotatable bonds is 5. The highest BCUT2D eigenvalue weighted by atomic mass is 32.2. The molecule has 5 nitrogen and oxygen atoms in total. The van der Waals surface area contributed by atoms with Gasteiger partial charge in [-0.2, -0.15) is 0 Å². The summed E-state index contributed by atoms with van der Waals surface area (Å²) in [5.41, 5.74) is 2.34. The summed E-state index contributed by atoms with van der Waals surface area (Å²) in [7, 11) is -3.64. The standard InChI is InChI=1S/C15H22N2O3S/c1-11(2)17-15(18)10-16-21(19,20)14-8-7-12-5-3-4-6-13(12)9-14/h7-9,11,16H,3-6,10H2,1-2H3,(H,17,18). The lowest BCUT2D eigenvalue weighted by atomic mass is 9.92. The molecule has 0 saturated carbocycles. The Bertz CT molecular complexity index is 624. The van der Waals surface area contributed by atoms with Crippen molar-refractivity contribution >= 4 is 15.9 Å². The monoisotopic (exact) mass is 310 g/mol. The first kappa shape index (κ1) is 16.0. The van der Waals surface area contributed by atoms with Crippen LogP contribution in [-0.2, 0) is 27.7 Å². The summed E-state index contributed by atoms with van der Waals surface area (Å²) < 4.78 is 26.8. The molecular weight excluding hydrogens is 288 g/mol. The van der Waals surface area contributed by atoms with E-state index < -0.39 is 10.0 Å². The van der Waals surface area contributed by atoms with Crippen molar-refractivity contribution < 1.29 is 13.2 Å². The van der Waals surface area contributed by atoms with Gasteiger partial charge in [-0.15, -0.1) is 0 Å². The van der Waals surface area contributed by atoms with Crippen LogP contribution in [0.2, 0.25) is 0 Å². The molecule has 0 heterocycles. The largest absolute Gasteiger partial charge is 0.353 e. The van der Waals surface area contributed by atoms with Gasteiger partial charge < -0.3 is 5.32 Å². The third-order valence-corrected chi connectivity index (χ3v) is 4.90. The van der Waals surface area contributed by atoms with Gasteiger partial charge in [0.2, 0.25) is 15.9 Å². The number of hydrogen-bond donors (Lipinski definition) is 2. The Kier molecular flexibility index (Phi) is 5.00. The van der Waals surface area contributed by atoms with E-state index in [1.807, 2.05) is 19.9 Å². The van der Waals surface area contributed by atoms with Crippen LogP contribution < -0.4 is 10.0 Å². The van der Waals surface area contributed by atoms with Crippen molar-refractivity contribution in [2.45, 2.75) is 50.5 Å². The number of sulfonamides is 1. The molecule has 0 spiro atoms. The number of nitrogens with one attached hydrogen (secondary N) is 2. The van der Waals surface area contributed by atoms with Crippen molar-refractivity contribution in [3.8, 4) is 0 Å². The van der Waals surface area contributed by atoms with E-state index in [9.17, 15) is 13.2 Å². The second kappa shape index (κ2) is 6.58. The number of aryl methyl sites for hydroxylation is 2. The molecule has 116 valence electrons. The highest BCUT2D eigenvalue weighted by Crippen LogP contribution is 2.23. The van der Waals surface area contributed by atoms with Crippen molar-refractivity contribution in [2.75, 3.05) is 6.54 Å². The predicted octanol–water partition coefficient (Wildman–Crippen LogP) is 1.37. The van der Waals surface area contributed by atoms with Gasteiger partial charge in [0.1, 0.15) is 0 Å². The topological polar surface area (TPSA) is 75.3 Å². The molecule has 0 bridgehead atoms. The van der Waals surface area contributed by atoms with Crippen molar-refractivity contribution in [2.24, 2.45) is 0 Å². The lowest BCUT2D eigenvalue weighted by Gasteiger charge is -2.17. The summed E-state index contributed by atoms with van der Waals surface area (Å²) in [4.78, 5) is 11.8. The Hall–Kier alpha value is -1.40. The fourth-order valence-electron chi connectivity index (χ4n) is 2.49. The third-order valence-electron chi connectivity index (χ3n) is 3.50. The molecule has 2 rings (SSSR count). The summed E-state index contributed by atoms with van der Waals surface area (Å²) in [6.45, 7) is 3.42. The average molecular weight is 310 g/mol. The number of hydrogen-bond acceptors (Lipinski definition) is 3. The van der Waals surface area contributed by atoms with E-state index in [-0.39, 0.29) is 23.4 Å². The second-order valence-corrected chi connectivity index (χ2v) is 7.45. The Morgan fingerprint density at radius 3 is 2.52 bits per heavy atom. The molecule has 0 fully saturated rings. The fraction of sp³-hybridized carbons (Fsp3) is 0.533. The van der Waals surface area contributed by atoms with E-state index in [4.69, 9.17) is 0 Å². The highest BCUT2D eigenvalue weighted by Gasteiger charge is 2.18. The van der Waals surface area contributed by atoms with Crippen LogP contribution in [0.25, 0.3) is 0 Å². The molecule has 1 amide bonds. The number of fused-ring (bicyclic) bond motifs is 1. The highest BCUT2D eigenvalue weighted by molar-refractivity contribution is 7.89. The van der Waals surface area contributed by atoms with Crippen LogP contribution in [0.4, 0.5) is 0 Å². The molecule has 0 unspecified atom stereocenters. The van der Waals surface area contributed by atoms with E-state index in [1.165, 1.54) is 5.56 Å². The van der Waals surface area contributed by atoms with Gasteiger partial charge >= 0.3 is 0 Å². The normalized spacial score (nSPS) is 14.8. The molecule has 21 heavy (non-hydrogen) atoms. The number of amides is 1. The number of carbonyl (C=O) groups excluding carboxylic acids is 1. The molecule has 0 aromatic heterocycles. The van der Waals surface area contributed by atoms with Crippen LogP contribution >= 0.6 is 0 Å². The van der Waals surface area contributed by atoms with Crippen molar-refractivity contribution in [1.29, 1.82) is 0 Å². The Labute approximate surface area is 126 Å². The quantitative estimate of drug-likeness (QED) is 0.862. The number of carbonyl (C=O) groups is 1. The zero-order chi connectivity index (χ0) is 15.5. The molecule has 0 saturated heterocycles. The lowest BCUT2D eigenvalue weighted by Crippen LogP contribution is -2.39. The zero-order valence-corrected chi connectivity index (χ0v) is 13.3. The number of benzene rings is 1. The zero-order valence-electron chi connectivity index (χ0n) is 12.5. The molecule has 0 aliphatic heterocycles. The van der Waals surface area contributed by atoms with Crippen molar-refractivity contribution in [1.82, 2.24) is 10.0 Å². The van der Waals surface area contributed by atoms with Gasteiger partial charge in [0.25, 0.3) is 0 Å². The average Bonchev–Trinajstić information content (AvgIpc) is 2.44. The summed E-state index contributed by atoms with van der Waals surface area (Å²) >= 11 is 0. The minimum Gasteiger partial charge on any atom is -0.353 e. The molecular formula is C15H22N2O3S. The molecule has 6 heteroatoms. The van der Waals surface area contributed by atoms with E-state index in [1.54, 1.807) is 12.1 Å². The van der Waals surface area contributed by atoms with Crippen LogP contribution in [0.1, 0.15) is 37.8 Å². The summed E-state index contributed by atoms with van der Waals surface area (Å²) in [6.07, 6.45) is 4.19. The molecule has 0 atom stereocenters. The molecule has 0 radical (unpaired) electrons. The lowest BCUT2D eigenvalue weighted by molar-refractivity contribution is -0.120. The first-order chi connectivity index (χ1) is 9.88. The third kappa shape index (κ3) is 4.28. The summed E-state index contributed by atoms with van der Waals surface area (Å²) in [5.74, 6) is -0.327. The van der Waals surface area contributed by atoms with Gasteiger partial charge in [-0.25, -0.2) is 13.1 Å². The van der Waals surface area contributed by atoms with Gasteiger partial charge in [-0.1, -0.05) is 6.07 Å². The molecule has 2 N–H and O–H groups in total. The van der Waals surface area contributed by atoms with E-state index >= 15 is 0 Å². The Morgan fingerprint density at radius 1 is 1.19 bits per heavy atom. The maximum atomic E-state index is 12.2. The molecule has 1 aromatic carbocycles. The van der Waals surface area contributed by atoms with Gasteiger partial charge in [0.05, 0.1) is 11.4 Å². The minimum absolute atomic E-state index is 0.00857. The Morgan fingerprint density at radius 2 is 1.86 bits per heavy atom. The van der Waals surface area contributed by atoms with Crippen LogP contribution in [0, 0.1) is 0 Å². The molecule has 1 aliphatic carbocycles. The first-order valence-corrected chi connectivity index (χ1v) is 8.77. The van der Waals surface area contributed by atoms with Crippen LogP contribution in [-0.4, -0.2) is 26.9 Å². The minimum atomic E-state index is -3.64. The second-order valence-electron chi connectivity index (χ2n) is 5.68. The SMILES string of the molecule is CC(C)NC(=O)CNS(=O)(=O)c1ccc2c(c1)CCCC2. The smallest absolute Gasteiger partial charge is 0.241 e. The molecule has 1 aliphatic rings. The van der Waals surface area contributed by atoms with E-state index in [2.05, 4.69) is 10.0 Å². The molecule has 1 aromatic rings. The van der Waals surface area contributed by atoms with Crippen molar-refractivity contribution in [3.63, 3.8) is 0 Å². The van der Waals surface area contributed by atoms with Gasteiger partial charge in [-0.05, 0) is 62.8 Å². The van der Waals surface area contributed by atoms with E-state index in [0.29, 0.717) is 0 Å². The van der Waals surface area contributed by atoms with Crippen LogP contribution in [0.3, 0.4) is 0 Å². The van der Waals surface area contributed by atoms with Gasteiger partial charge in [0, 0.05) is 6.04 Å². The Balaban J connectivity index is 2.07. The van der Waals surface area contributed by atoms with E-state index in [0.717, 1.165) is 31.2 Å². The predicted molar refractivity (Wildman–Crippen MR) is 81.6 cm³/mol. The van der Waals surface area contributed by atoms with Crippen molar-refractivity contribution in [3.05, 3.63) is 29.3 Å².